The molecule has 2 nitrogen and oxygen atoms in total. The number of carbonyl (C=O) groups excluding carboxylic acids is 1. The molecule has 3 fully saturated rings. The van der Waals surface area contributed by atoms with Gasteiger partial charge < -0.3 is 4.90 Å². The van der Waals surface area contributed by atoms with Crippen molar-refractivity contribution in [2.75, 3.05) is 12.4 Å². The van der Waals surface area contributed by atoms with Crippen LogP contribution in [0.15, 0.2) is 0 Å². The van der Waals surface area contributed by atoms with Gasteiger partial charge in [0.2, 0.25) is 5.91 Å². The average molecular weight is 228 g/mol. The van der Waals surface area contributed by atoms with Crippen LogP contribution >= 0.6 is 11.6 Å². The van der Waals surface area contributed by atoms with Gasteiger partial charge in [-0.15, -0.1) is 11.6 Å². The van der Waals surface area contributed by atoms with E-state index in [0.717, 1.165) is 31.2 Å². The molecule has 2 saturated carbocycles. The van der Waals surface area contributed by atoms with Crippen LogP contribution in [0.25, 0.3) is 0 Å². The molecule has 15 heavy (non-hydrogen) atoms. The predicted molar refractivity (Wildman–Crippen MR) is 59.8 cm³/mol. The number of hydrogen-bond acceptors (Lipinski definition) is 1. The third-order valence-electron chi connectivity index (χ3n) is 4.53. The molecule has 0 aromatic rings. The zero-order valence-electron chi connectivity index (χ0n) is 8.99. The molecule has 1 heterocycles. The van der Waals surface area contributed by atoms with Gasteiger partial charge >= 0.3 is 0 Å². The summed E-state index contributed by atoms with van der Waals surface area (Å²) in [5, 5.41) is 0. The highest BCUT2D eigenvalue weighted by atomic mass is 35.5. The van der Waals surface area contributed by atoms with Crippen LogP contribution in [-0.2, 0) is 4.79 Å². The Morgan fingerprint density at radius 2 is 1.93 bits per heavy atom. The van der Waals surface area contributed by atoms with E-state index in [2.05, 4.69) is 4.90 Å². The fourth-order valence-corrected chi connectivity index (χ4v) is 3.99. The number of rotatable bonds is 2. The molecule has 3 atom stereocenters. The van der Waals surface area contributed by atoms with E-state index in [9.17, 15) is 4.79 Å². The van der Waals surface area contributed by atoms with E-state index < -0.39 is 0 Å². The van der Waals surface area contributed by atoms with Gasteiger partial charge in [0.25, 0.3) is 0 Å². The van der Waals surface area contributed by atoms with Crippen molar-refractivity contribution in [1.82, 2.24) is 4.90 Å². The van der Waals surface area contributed by atoms with Crippen molar-refractivity contribution in [2.45, 2.75) is 38.1 Å². The van der Waals surface area contributed by atoms with Crippen molar-refractivity contribution in [1.29, 1.82) is 0 Å². The van der Waals surface area contributed by atoms with Gasteiger partial charge in [0, 0.05) is 24.4 Å². The lowest BCUT2D eigenvalue weighted by Crippen LogP contribution is -2.38. The second-order valence-corrected chi connectivity index (χ2v) is 5.57. The van der Waals surface area contributed by atoms with Crippen LogP contribution in [-0.4, -0.2) is 29.3 Å². The summed E-state index contributed by atoms with van der Waals surface area (Å²) in [5.74, 6) is 2.92. The first kappa shape index (κ1) is 9.95. The average Bonchev–Trinajstić information content (AvgIpc) is 2.72. The number of hydrogen-bond donors (Lipinski definition) is 0. The number of fused-ring (bicyclic) bond motifs is 1. The largest absolute Gasteiger partial charge is 0.338 e. The Hall–Kier alpha value is -0.240. The second-order valence-electron chi connectivity index (χ2n) is 5.27. The van der Waals surface area contributed by atoms with Crippen molar-refractivity contribution in [3.8, 4) is 0 Å². The molecule has 0 bridgehead atoms. The van der Waals surface area contributed by atoms with E-state index in [1.54, 1.807) is 0 Å². The first-order valence-electron chi connectivity index (χ1n) is 6.19. The molecule has 2 aliphatic carbocycles. The monoisotopic (exact) mass is 227 g/mol. The first-order valence-corrected chi connectivity index (χ1v) is 6.73. The number of likely N-dealkylation sites (tertiary alicyclic amines) is 1. The highest BCUT2D eigenvalue weighted by Crippen LogP contribution is 2.58. The number of carbonyl (C=O) groups is 1. The molecule has 0 radical (unpaired) electrons. The van der Waals surface area contributed by atoms with E-state index in [-0.39, 0.29) is 0 Å². The maximum atomic E-state index is 12.3. The second kappa shape index (κ2) is 3.65. The molecule has 0 N–H and O–H groups in total. The highest BCUT2D eigenvalue weighted by molar-refractivity contribution is 6.18. The van der Waals surface area contributed by atoms with Crippen LogP contribution < -0.4 is 0 Å². The van der Waals surface area contributed by atoms with Gasteiger partial charge in [-0.25, -0.2) is 0 Å². The lowest BCUT2D eigenvalue weighted by atomic mass is 10.1. The summed E-state index contributed by atoms with van der Waals surface area (Å²) in [7, 11) is 0. The molecule has 0 aromatic carbocycles. The van der Waals surface area contributed by atoms with Crippen LogP contribution in [0, 0.1) is 17.8 Å². The summed E-state index contributed by atoms with van der Waals surface area (Å²) in [4.78, 5) is 14.3. The van der Waals surface area contributed by atoms with Crippen LogP contribution in [0.3, 0.4) is 0 Å². The summed E-state index contributed by atoms with van der Waals surface area (Å²) in [5.41, 5.74) is 0. The Morgan fingerprint density at radius 1 is 1.20 bits per heavy atom. The zero-order chi connectivity index (χ0) is 10.4. The summed E-state index contributed by atoms with van der Waals surface area (Å²) in [6.45, 7) is 0.951. The number of amides is 1. The number of halogens is 1. The van der Waals surface area contributed by atoms with Gasteiger partial charge in [0.05, 0.1) is 0 Å². The molecule has 1 aliphatic heterocycles. The fraction of sp³-hybridized carbons (Fsp3) is 0.917. The van der Waals surface area contributed by atoms with Crippen molar-refractivity contribution >= 4 is 17.5 Å². The van der Waals surface area contributed by atoms with Gasteiger partial charge in [0.1, 0.15) is 0 Å². The summed E-state index contributed by atoms with van der Waals surface area (Å²) in [6.07, 6.45) is 6.18. The van der Waals surface area contributed by atoms with Crippen molar-refractivity contribution in [3.05, 3.63) is 0 Å². The van der Waals surface area contributed by atoms with E-state index >= 15 is 0 Å². The van der Waals surface area contributed by atoms with E-state index in [4.69, 9.17) is 11.6 Å². The quantitative estimate of drug-likeness (QED) is 0.663. The molecule has 0 aromatic heterocycles. The molecule has 3 rings (SSSR count). The molecule has 1 saturated heterocycles. The zero-order valence-corrected chi connectivity index (χ0v) is 9.75. The Balaban J connectivity index is 1.65. The Labute approximate surface area is 96.0 Å². The molecule has 3 aliphatic rings. The smallest absolute Gasteiger partial charge is 0.226 e. The summed E-state index contributed by atoms with van der Waals surface area (Å²) in [6, 6.07) is 0.334. The third kappa shape index (κ3) is 1.49. The Morgan fingerprint density at radius 3 is 2.60 bits per heavy atom. The van der Waals surface area contributed by atoms with E-state index in [0.29, 0.717) is 23.7 Å². The van der Waals surface area contributed by atoms with Gasteiger partial charge in [-0.2, -0.15) is 0 Å². The standard InChI is InChI=1S/C12H18ClNO/c13-7-8-3-2-6-14(8)12(15)11-9-4-1-5-10(9)11/h8-11H,1-7H2/t8-,9?,10?,11?/m0/s1. The maximum Gasteiger partial charge on any atom is 0.226 e. The first-order chi connectivity index (χ1) is 7.33. The minimum atomic E-state index is 0.334. The van der Waals surface area contributed by atoms with Gasteiger partial charge in [-0.05, 0) is 37.5 Å². The number of nitrogens with zero attached hydrogens (tertiary/aromatic N) is 1. The minimum absolute atomic E-state index is 0.334. The summed E-state index contributed by atoms with van der Waals surface area (Å²) < 4.78 is 0. The topological polar surface area (TPSA) is 20.3 Å². The fourth-order valence-electron chi connectivity index (χ4n) is 3.67. The predicted octanol–water partition coefficient (Wildman–Crippen LogP) is 2.26. The molecule has 1 amide bonds. The lowest BCUT2D eigenvalue weighted by Gasteiger charge is -2.23. The maximum absolute atomic E-state index is 12.3. The van der Waals surface area contributed by atoms with Crippen LogP contribution in [0.5, 0.6) is 0 Å². The Kier molecular flexibility index (Phi) is 2.42. The molecule has 3 heteroatoms. The van der Waals surface area contributed by atoms with Gasteiger partial charge in [-0.1, -0.05) is 6.42 Å². The van der Waals surface area contributed by atoms with E-state index in [1.165, 1.54) is 19.3 Å². The molecule has 0 spiro atoms. The van der Waals surface area contributed by atoms with Crippen LogP contribution in [0.2, 0.25) is 0 Å². The molecular weight excluding hydrogens is 210 g/mol. The lowest BCUT2D eigenvalue weighted by molar-refractivity contribution is -0.133. The van der Waals surface area contributed by atoms with Gasteiger partial charge in [-0.3, -0.25) is 4.79 Å². The van der Waals surface area contributed by atoms with Crippen molar-refractivity contribution in [2.24, 2.45) is 17.8 Å². The van der Waals surface area contributed by atoms with Crippen molar-refractivity contribution < 1.29 is 4.79 Å². The minimum Gasteiger partial charge on any atom is -0.338 e. The molecule has 2 unspecified atom stereocenters. The van der Waals surface area contributed by atoms with Crippen LogP contribution in [0.4, 0.5) is 0 Å². The SMILES string of the molecule is O=C(C1C2CCCC21)N1CCC[C@H]1CCl. The Bertz CT molecular complexity index is 271. The number of alkyl halides is 1. The highest BCUT2D eigenvalue weighted by Gasteiger charge is 2.58. The van der Waals surface area contributed by atoms with E-state index in [1.807, 2.05) is 0 Å². The molecular formula is C12H18ClNO. The van der Waals surface area contributed by atoms with Crippen molar-refractivity contribution in [3.63, 3.8) is 0 Å². The van der Waals surface area contributed by atoms with Gasteiger partial charge in [0.15, 0.2) is 0 Å². The normalized spacial score (nSPS) is 43.1. The van der Waals surface area contributed by atoms with Crippen LogP contribution in [0.1, 0.15) is 32.1 Å². The molecule has 84 valence electrons. The third-order valence-corrected chi connectivity index (χ3v) is 4.89. The summed E-state index contributed by atoms with van der Waals surface area (Å²) >= 11 is 5.90.